The number of carbonyl (C=O) groups excluding carboxylic acids is 1. The van der Waals surface area contributed by atoms with Gasteiger partial charge in [-0.3, -0.25) is 4.79 Å². The maximum Gasteiger partial charge on any atom is 0.303 e. The Labute approximate surface area is 148 Å². The summed E-state index contributed by atoms with van der Waals surface area (Å²) in [4.78, 5) is 11.1. The maximum absolute atomic E-state index is 11.1. The van der Waals surface area contributed by atoms with E-state index in [9.17, 15) is 40.5 Å². The Bertz CT molecular complexity index is 471. The fourth-order valence-electron chi connectivity index (χ4n) is 2.89. The molecule has 0 aliphatic carbocycles. The van der Waals surface area contributed by atoms with Gasteiger partial charge >= 0.3 is 5.97 Å². The van der Waals surface area contributed by atoms with Crippen molar-refractivity contribution >= 4 is 5.97 Å². The monoisotopic (exact) mass is 384 g/mol. The molecule has 10 atom stereocenters. The van der Waals surface area contributed by atoms with Crippen LogP contribution in [0.1, 0.15) is 6.92 Å². The van der Waals surface area contributed by atoms with Gasteiger partial charge in [0.15, 0.2) is 18.7 Å². The highest BCUT2D eigenvalue weighted by Gasteiger charge is 2.51. The van der Waals surface area contributed by atoms with Crippen molar-refractivity contribution in [1.29, 1.82) is 0 Å². The molecule has 26 heavy (non-hydrogen) atoms. The molecule has 0 aromatic heterocycles. The molecule has 7 N–H and O–H groups in total. The molecule has 152 valence electrons. The molecule has 0 unspecified atom stereocenters. The molecule has 2 aliphatic rings. The average molecular weight is 384 g/mol. The summed E-state index contributed by atoms with van der Waals surface area (Å²) in [5.41, 5.74) is 0. The molecule has 2 fully saturated rings. The first-order valence-electron chi connectivity index (χ1n) is 7.96. The van der Waals surface area contributed by atoms with E-state index in [2.05, 4.69) is 0 Å². The van der Waals surface area contributed by atoms with Crippen molar-refractivity contribution in [3.8, 4) is 0 Å². The summed E-state index contributed by atoms with van der Waals surface area (Å²) in [6.07, 6.45) is -15.6. The van der Waals surface area contributed by atoms with Gasteiger partial charge in [0, 0.05) is 6.92 Å². The second kappa shape index (κ2) is 8.84. The Morgan fingerprint density at radius 3 is 1.92 bits per heavy atom. The minimum atomic E-state index is -1.76. The molecule has 2 heterocycles. The minimum absolute atomic E-state index is 0.684. The first-order valence-corrected chi connectivity index (χ1v) is 7.96. The number of aliphatic hydroxyl groups excluding tert-OH is 7. The molecule has 0 aromatic rings. The van der Waals surface area contributed by atoms with Gasteiger partial charge in [-0.15, -0.1) is 0 Å². The van der Waals surface area contributed by atoms with Crippen molar-refractivity contribution in [3.63, 3.8) is 0 Å². The van der Waals surface area contributed by atoms with Crippen LogP contribution in [0.4, 0.5) is 0 Å². The van der Waals surface area contributed by atoms with Gasteiger partial charge in [0.05, 0.1) is 13.2 Å². The molecular formula is C14H24O12. The summed E-state index contributed by atoms with van der Waals surface area (Å²) < 4.78 is 20.4. The largest absolute Gasteiger partial charge is 0.457 e. The van der Waals surface area contributed by atoms with E-state index in [0.29, 0.717) is 0 Å². The molecule has 0 saturated carbocycles. The van der Waals surface area contributed by atoms with E-state index in [0.717, 1.165) is 6.92 Å². The van der Waals surface area contributed by atoms with Gasteiger partial charge in [-0.1, -0.05) is 0 Å². The van der Waals surface area contributed by atoms with E-state index >= 15 is 0 Å². The number of aliphatic hydroxyl groups is 7. The van der Waals surface area contributed by atoms with Crippen LogP contribution >= 0.6 is 0 Å². The van der Waals surface area contributed by atoms with Crippen molar-refractivity contribution in [2.45, 2.75) is 68.3 Å². The second-order valence-electron chi connectivity index (χ2n) is 6.11. The molecule has 12 nitrogen and oxygen atoms in total. The van der Waals surface area contributed by atoms with Crippen LogP contribution in [0.5, 0.6) is 0 Å². The van der Waals surface area contributed by atoms with Crippen LogP contribution in [0.25, 0.3) is 0 Å². The second-order valence-corrected chi connectivity index (χ2v) is 6.11. The Morgan fingerprint density at radius 2 is 1.38 bits per heavy atom. The standard InChI is InChI=1S/C14H24O12/c1-4(17)23-11-6(3-16)25-14(10(21)8(11)19)26-12-5(2-15)24-13(22)9(20)7(12)18/h5-16,18-22H,2-3H2,1H3/t5-,6-,7-,8-,9-,10-,11-,12-,13-,14+/m1/s1. The summed E-state index contributed by atoms with van der Waals surface area (Å²) in [5, 5.41) is 68.2. The smallest absolute Gasteiger partial charge is 0.303 e. The van der Waals surface area contributed by atoms with Gasteiger partial charge in [0.1, 0.15) is 42.7 Å². The molecular weight excluding hydrogens is 360 g/mol. The van der Waals surface area contributed by atoms with Crippen LogP contribution in [-0.2, 0) is 23.7 Å². The molecule has 2 saturated heterocycles. The molecule has 0 bridgehead atoms. The van der Waals surface area contributed by atoms with E-state index in [4.69, 9.17) is 18.9 Å². The minimum Gasteiger partial charge on any atom is -0.457 e. The van der Waals surface area contributed by atoms with E-state index in [-0.39, 0.29) is 0 Å². The lowest BCUT2D eigenvalue weighted by Gasteiger charge is -2.45. The van der Waals surface area contributed by atoms with Crippen LogP contribution in [0.3, 0.4) is 0 Å². The summed E-state index contributed by atoms with van der Waals surface area (Å²) in [6.45, 7) is -0.309. The third-order valence-corrected chi connectivity index (χ3v) is 4.25. The van der Waals surface area contributed by atoms with Gasteiger partial charge in [-0.25, -0.2) is 0 Å². The van der Waals surface area contributed by atoms with Crippen LogP contribution in [0.2, 0.25) is 0 Å². The normalized spacial score (nSPS) is 46.8. The van der Waals surface area contributed by atoms with Gasteiger partial charge in [0.25, 0.3) is 0 Å². The lowest BCUT2D eigenvalue weighted by atomic mass is 9.97. The molecule has 0 amide bonds. The third kappa shape index (κ3) is 4.31. The summed E-state index contributed by atoms with van der Waals surface area (Å²) >= 11 is 0. The van der Waals surface area contributed by atoms with Crippen molar-refractivity contribution in [3.05, 3.63) is 0 Å². The fourth-order valence-corrected chi connectivity index (χ4v) is 2.89. The van der Waals surface area contributed by atoms with Gasteiger partial charge in [-0.2, -0.15) is 0 Å². The topological polar surface area (TPSA) is 196 Å². The molecule has 2 aliphatic heterocycles. The zero-order valence-electron chi connectivity index (χ0n) is 13.9. The average Bonchev–Trinajstić information content (AvgIpc) is 2.60. The predicted molar refractivity (Wildman–Crippen MR) is 78.2 cm³/mol. The number of rotatable bonds is 5. The Kier molecular flexibility index (Phi) is 7.27. The predicted octanol–water partition coefficient (Wildman–Crippen LogP) is -4.83. The van der Waals surface area contributed by atoms with E-state index in [1.807, 2.05) is 0 Å². The zero-order chi connectivity index (χ0) is 19.6. The first kappa shape index (κ1) is 21.4. The highest BCUT2D eigenvalue weighted by molar-refractivity contribution is 5.66. The van der Waals surface area contributed by atoms with Crippen LogP contribution < -0.4 is 0 Å². The number of carbonyl (C=O) groups is 1. The lowest BCUT2D eigenvalue weighted by Crippen LogP contribution is -2.64. The SMILES string of the molecule is CC(=O)O[C@H]1[C@H](O)[C@@H](O)[C@H](O[C@H]2[C@H](O)[C@@H](O)[C@H](O)O[C@@H]2CO)O[C@@H]1CO. The van der Waals surface area contributed by atoms with Gasteiger partial charge in [0.2, 0.25) is 0 Å². The van der Waals surface area contributed by atoms with Gasteiger partial charge in [-0.05, 0) is 0 Å². The van der Waals surface area contributed by atoms with Crippen molar-refractivity contribution in [1.82, 2.24) is 0 Å². The lowest BCUT2D eigenvalue weighted by molar-refractivity contribution is -0.355. The number of esters is 1. The molecule has 0 radical (unpaired) electrons. The highest BCUT2D eigenvalue weighted by Crippen LogP contribution is 2.29. The Balaban J connectivity index is 2.14. The fraction of sp³-hybridized carbons (Fsp3) is 0.929. The zero-order valence-corrected chi connectivity index (χ0v) is 13.9. The van der Waals surface area contributed by atoms with Crippen molar-refractivity contribution in [2.75, 3.05) is 13.2 Å². The number of hydrogen-bond donors (Lipinski definition) is 7. The Morgan fingerprint density at radius 1 is 0.846 bits per heavy atom. The van der Waals surface area contributed by atoms with Gasteiger partial charge < -0.3 is 54.7 Å². The first-order chi connectivity index (χ1) is 12.2. The quantitative estimate of drug-likeness (QED) is 0.224. The number of hydrogen-bond acceptors (Lipinski definition) is 12. The van der Waals surface area contributed by atoms with E-state index < -0.39 is 80.6 Å². The summed E-state index contributed by atoms with van der Waals surface area (Å²) in [5.74, 6) is -0.767. The number of ether oxygens (including phenoxy) is 4. The Hall–Kier alpha value is -0.930. The van der Waals surface area contributed by atoms with Crippen LogP contribution in [0.15, 0.2) is 0 Å². The van der Waals surface area contributed by atoms with Crippen LogP contribution in [-0.4, -0.2) is 116 Å². The molecule has 0 aromatic carbocycles. The maximum atomic E-state index is 11.1. The molecule has 2 rings (SSSR count). The van der Waals surface area contributed by atoms with Crippen molar-refractivity contribution < 1.29 is 59.5 Å². The molecule has 12 heteroatoms. The van der Waals surface area contributed by atoms with Crippen LogP contribution in [0, 0.1) is 0 Å². The highest BCUT2D eigenvalue weighted by atomic mass is 16.7. The van der Waals surface area contributed by atoms with Crippen molar-refractivity contribution in [2.24, 2.45) is 0 Å². The summed E-state index contributed by atoms with van der Waals surface area (Å²) in [7, 11) is 0. The summed E-state index contributed by atoms with van der Waals surface area (Å²) in [6, 6.07) is 0. The molecule has 0 spiro atoms. The van der Waals surface area contributed by atoms with E-state index in [1.165, 1.54) is 0 Å². The third-order valence-electron chi connectivity index (χ3n) is 4.25. The van der Waals surface area contributed by atoms with E-state index in [1.54, 1.807) is 0 Å².